The van der Waals surface area contributed by atoms with Crippen LogP contribution in [-0.4, -0.2) is 115 Å². The molecular weight excluding hydrogens is 752 g/mol. The average molecular weight is 804 g/mol. The number of alkyl halides is 3. The number of imidazole rings is 1. The van der Waals surface area contributed by atoms with Crippen molar-refractivity contribution in [1.29, 1.82) is 0 Å². The molecule has 0 saturated carbocycles. The molecule has 2 aromatic carbocycles. The molecule has 3 aromatic heterocycles. The summed E-state index contributed by atoms with van der Waals surface area (Å²) in [5, 5.41) is 3.61. The number of piperidine rings is 1. The van der Waals surface area contributed by atoms with Crippen LogP contribution in [0.3, 0.4) is 0 Å². The van der Waals surface area contributed by atoms with Crippen molar-refractivity contribution < 1.29 is 27.5 Å². The van der Waals surface area contributed by atoms with E-state index in [0.717, 1.165) is 91.0 Å². The summed E-state index contributed by atoms with van der Waals surface area (Å²) in [7, 11) is 5.06. The third-order valence-corrected chi connectivity index (χ3v) is 11.4. The van der Waals surface area contributed by atoms with Crippen LogP contribution in [0.5, 0.6) is 0 Å². The number of rotatable bonds is 15. The maximum Gasteiger partial charge on any atom is 0.391 e. The third-order valence-electron chi connectivity index (χ3n) is 11.4. The number of halogens is 3. The number of anilines is 1. The van der Waals surface area contributed by atoms with Gasteiger partial charge in [-0.05, 0) is 61.4 Å². The minimum Gasteiger partial charge on any atom is -0.381 e. The number of carbonyl (C=O) groups excluding carboxylic acids is 2. The van der Waals surface area contributed by atoms with Crippen molar-refractivity contribution in [3.63, 3.8) is 0 Å². The fourth-order valence-electron chi connectivity index (χ4n) is 8.17. The number of aromatic nitrogens is 5. The van der Waals surface area contributed by atoms with E-state index in [4.69, 9.17) is 4.74 Å². The van der Waals surface area contributed by atoms with Crippen LogP contribution in [-0.2, 0) is 41.4 Å². The van der Waals surface area contributed by atoms with E-state index >= 15 is 0 Å². The summed E-state index contributed by atoms with van der Waals surface area (Å²) >= 11 is 0. The molecule has 2 atom stereocenters. The van der Waals surface area contributed by atoms with Crippen molar-refractivity contribution in [2.75, 3.05) is 58.3 Å². The molecule has 2 saturated heterocycles. The number of piperazine rings is 1. The van der Waals surface area contributed by atoms with Gasteiger partial charge >= 0.3 is 11.9 Å². The number of hydrogen-bond acceptors (Lipinski definition) is 9. The molecule has 0 spiro atoms. The summed E-state index contributed by atoms with van der Waals surface area (Å²) < 4.78 is 49.3. The number of hydrogen-bond donors (Lipinski definition) is 1. The van der Waals surface area contributed by atoms with E-state index in [9.17, 15) is 27.6 Å². The highest BCUT2D eigenvalue weighted by Gasteiger charge is 2.35. The van der Waals surface area contributed by atoms with Gasteiger partial charge in [0.2, 0.25) is 11.9 Å². The topological polar surface area (TPSA) is 123 Å². The zero-order chi connectivity index (χ0) is 41.1. The molecule has 1 unspecified atom stereocenters. The largest absolute Gasteiger partial charge is 0.391 e. The highest BCUT2D eigenvalue weighted by Crippen LogP contribution is 2.31. The number of amides is 2. The van der Waals surface area contributed by atoms with E-state index < -0.39 is 24.7 Å². The molecule has 0 radical (unpaired) electrons. The number of nitrogens with zero attached hydrogens (tertiary/aromatic N) is 8. The molecule has 5 heterocycles. The van der Waals surface area contributed by atoms with E-state index in [2.05, 4.69) is 49.4 Å². The molecule has 0 bridgehead atoms. The molecule has 5 aromatic rings. The summed E-state index contributed by atoms with van der Waals surface area (Å²) in [5.41, 5.74) is 6.21. The average Bonchev–Trinajstić information content (AvgIpc) is 3.64. The molecule has 2 aliphatic rings. The van der Waals surface area contributed by atoms with Crippen LogP contribution in [0.1, 0.15) is 56.2 Å². The molecule has 0 aliphatic carbocycles. The second-order valence-corrected chi connectivity index (χ2v) is 15.7. The number of likely N-dealkylation sites (tertiary alicyclic amines) is 1. The minimum atomic E-state index is -4.26. The predicted molar refractivity (Wildman–Crippen MR) is 216 cm³/mol. The van der Waals surface area contributed by atoms with Crippen molar-refractivity contribution in [2.45, 2.75) is 70.3 Å². The second-order valence-electron chi connectivity index (χ2n) is 15.7. The molecule has 1 N–H and O–H groups in total. The summed E-state index contributed by atoms with van der Waals surface area (Å²) in [6.07, 6.45) is 1.63. The van der Waals surface area contributed by atoms with Gasteiger partial charge in [0.1, 0.15) is 11.7 Å². The Morgan fingerprint density at radius 1 is 0.914 bits per heavy atom. The Bertz CT molecular complexity index is 2310. The van der Waals surface area contributed by atoms with E-state index in [1.807, 2.05) is 36.0 Å². The Hall–Kier alpha value is -5.06. The standard InChI is InChI=1S/C42H52F3N9O4/c1-28(24-42(43,44)45)47-40-46-25-32-33(27-49(2)38(32)48-40)31-11-8-30(9-12-31)26-53-19-17-52(18-20-53)16-6-22-58-21-5-7-29-10-13-34-36(23-29)50(3)41(57)54(34)35-14-15-37(55)51(4)39(35)56/h8-13,23,25,27-28,35H,5-7,14-22,24,26H2,1-4H3,(H,46,47,48)/t28-,35?/m1/s1. The van der Waals surface area contributed by atoms with Crippen molar-refractivity contribution in [1.82, 2.24) is 38.4 Å². The molecule has 58 heavy (non-hydrogen) atoms. The molecule has 2 aliphatic heterocycles. The van der Waals surface area contributed by atoms with E-state index in [-0.39, 0.29) is 29.9 Å². The van der Waals surface area contributed by atoms with Crippen molar-refractivity contribution >= 4 is 39.8 Å². The lowest BCUT2D eigenvalue weighted by atomic mass is 10.0. The molecule has 2 amide bonds. The zero-order valence-corrected chi connectivity index (χ0v) is 33.6. The summed E-state index contributed by atoms with van der Waals surface area (Å²) in [4.78, 5) is 52.9. The summed E-state index contributed by atoms with van der Waals surface area (Å²) in [6.45, 7) is 8.70. The van der Waals surface area contributed by atoms with Gasteiger partial charge in [-0.25, -0.2) is 9.78 Å². The zero-order valence-electron chi connectivity index (χ0n) is 33.6. The monoisotopic (exact) mass is 803 g/mol. The molecule has 310 valence electrons. The first-order valence-corrected chi connectivity index (χ1v) is 20.0. The first-order chi connectivity index (χ1) is 27.8. The van der Waals surface area contributed by atoms with Gasteiger partial charge in [0, 0.05) is 109 Å². The normalized spacial score (nSPS) is 17.8. The Morgan fingerprint density at radius 3 is 2.36 bits per heavy atom. The fourth-order valence-corrected chi connectivity index (χ4v) is 8.17. The van der Waals surface area contributed by atoms with Crippen molar-refractivity contribution in [3.8, 4) is 11.1 Å². The number of likely N-dealkylation sites (N-methyl/N-ethyl adjacent to an activating group) is 1. The number of ether oxygens (including phenoxy) is 1. The van der Waals surface area contributed by atoms with Crippen LogP contribution < -0.4 is 11.0 Å². The fraction of sp³-hybridized carbons (Fsp3) is 0.500. The predicted octanol–water partition coefficient (Wildman–Crippen LogP) is 5.52. The van der Waals surface area contributed by atoms with Crippen LogP contribution in [0.15, 0.2) is 59.7 Å². The molecule has 16 heteroatoms. The number of imide groups is 1. The Kier molecular flexibility index (Phi) is 12.4. The maximum absolute atomic E-state index is 13.1. The SMILES string of the molecule is C[C@H](CC(F)(F)F)Nc1ncc2c(-c3ccc(CN4CCN(CCCOCCCc5ccc6c(c5)n(C)c(=O)n6C5CCC(=O)N(C)C5=O)CC4)cc3)cn(C)c2n1. The van der Waals surface area contributed by atoms with E-state index in [0.29, 0.717) is 30.8 Å². The Balaban J connectivity index is 0.807. The molecular formula is C42H52F3N9O4. The third kappa shape index (κ3) is 9.29. The van der Waals surface area contributed by atoms with E-state index in [1.165, 1.54) is 24.1 Å². The highest BCUT2D eigenvalue weighted by atomic mass is 19.4. The van der Waals surface area contributed by atoms with Crippen LogP contribution >= 0.6 is 0 Å². The lowest BCUT2D eigenvalue weighted by Gasteiger charge is -2.34. The Morgan fingerprint density at radius 2 is 1.62 bits per heavy atom. The van der Waals surface area contributed by atoms with Gasteiger partial charge in [-0.1, -0.05) is 30.3 Å². The Labute approximate surface area is 335 Å². The van der Waals surface area contributed by atoms with Gasteiger partial charge in [0.25, 0.3) is 5.91 Å². The van der Waals surface area contributed by atoms with Gasteiger partial charge in [-0.2, -0.15) is 18.2 Å². The van der Waals surface area contributed by atoms with Gasteiger partial charge < -0.3 is 19.5 Å². The van der Waals surface area contributed by atoms with Gasteiger partial charge in [-0.15, -0.1) is 0 Å². The lowest BCUT2D eigenvalue weighted by Crippen LogP contribution is -2.46. The van der Waals surface area contributed by atoms with Crippen LogP contribution in [0.2, 0.25) is 0 Å². The van der Waals surface area contributed by atoms with Crippen LogP contribution in [0.25, 0.3) is 33.2 Å². The van der Waals surface area contributed by atoms with Crippen LogP contribution in [0.4, 0.5) is 19.1 Å². The van der Waals surface area contributed by atoms with Crippen molar-refractivity contribution in [3.05, 3.63) is 76.5 Å². The lowest BCUT2D eigenvalue weighted by molar-refractivity contribution is -0.149. The molecule has 7 rings (SSSR count). The quantitative estimate of drug-likeness (QED) is 0.108. The van der Waals surface area contributed by atoms with Crippen molar-refractivity contribution in [2.24, 2.45) is 14.1 Å². The first kappa shape index (κ1) is 41.1. The number of benzene rings is 2. The molecule has 2 fully saturated rings. The molecule has 13 nitrogen and oxygen atoms in total. The number of fused-ring (bicyclic) bond motifs is 2. The summed E-state index contributed by atoms with van der Waals surface area (Å²) in [6, 6.07) is 12.9. The van der Waals surface area contributed by atoms with Gasteiger partial charge in [-0.3, -0.25) is 28.5 Å². The summed E-state index contributed by atoms with van der Waals surface area (Å²) in [5.74, 6) is -0.387. The number of carbonyl (C=O) groups is 2. The highest BCUT2D eigenvalue weighted by molar-refractivity contribution is 6.00. The second kappa shape index (κ2) is 17.4. The van der Waals surface area contributed by atoms with E-state index in [1.54, 1.807) is 17.8 Å². The first-order valence-electron chi connectivity index (χ1n) is 20.0. The maximum atomic E-state index is 13.1. The number of nitrogens with one attached hydrogen (secondary N) is 1. The van der Waals surface area contributed by atoms with Gasteiger partial charge in [0.15, 0.2) is 0 Å². The smallest absolute Gasteiger partial charge is 0.381 e. The van der Waals surface area contributed by atoms with Crippen LogP contribution in [0, 0.1) is 0 Å². The number of aryl methyl sites for hydroxylation is 3. The minimum absolute atomic E-state index is 0.175. The van der Waals surface area contributed by atoms with Gasteiger partial charge in [0.05, 0.1) is 17.5 Å².